The van der Waals surface area contributed by atoms with Crippen LogP contribution in [-0.2, 0) is 4.74 Å². The second-order valence-electron chi connectivity index (χ2n) is 5.50. The summed E-state index contributed by atoms with van der Waals surface area (Å²) in [5.41, 5.74) is 0. The lowest BCUT2D eigenvalue weighted by atomic mass is 9.94. The number of ether oxygens (including phenoxy) is 1. The molecule has 1 heterocycles. The van der Waals surface area contributed by atoms with E-state index in [4.69, 9.17) is 16.3 Å². The minimum Gasteiger partial charge on any atom is -0.377 e. The molecule has 2 aliphatic rings. The Bertz CT molecular complexity index is 224. The van der Waals surface area contributed by atoms with Crippen LogP contribution >= 0.6 is 11.6 Å². The SMILES string of the molecule is CCCCO[C@@H]1CCN(C2CCCCC2Cl)C1. The zero-order valence-corrected chi connectivity index (χ0v) is 11.8. The summed E-state index contributed by atoms with van der Waals surface area (Å²) < 4.78 is 5.91. The average molecular weight is 260 g/mol. The van der Waals surface area contributed by atoms with Gasteiger partial charge in [-0.3, -0.25) is 4.90 Å². The molecule has 0 spiro atoms. The van der Waals surface area contributed by atoms with Gasteiger partial charge < -0.3 is 4.74 Å². The highest BCUT2D eigenvalue weighted by atomic mass is 35.5. The maximum absolute atomic E-state index is 6.45. The monoisotopic (exact) mass is 259 g/mol. The van der Waals surface area contributed by atoms with Gasteiger partial charge in [0.15, 0.2) is 0 Å². The van der Waals surface area contributed by atoms with E-state index in [1.54, 1.807) is 0 Å². The quantitative estimate of drug-likeness (QED) is 0.554. The summed E-state index contributed by atoms with van der Waals surface area (Å²) in [7, 11) is 0. The van der Waals surface area contributed by atoms with Gasteiger partial charge in [-0.25, -0.2) is 0 Å². The number of rotatable bonds is 5. The second-order valence-corrected chi connectivity index (χ2v) is 6.06. The van der Waals surface area contributed by atoms with Gasteiger partial charge in [0.2, 0.25) is 0 Å². The van der Waals surface area contributed by atoms with Crippen molar-refractivity contribution >= 4 is 11.6 Å². The topological polar surface area (TPSA) is 12.5 Å². The van der Waals surface area contributed by atoms with Crippen molar-refractivity contribution in [2.75, 3.05) is 19.7 Å². The van der Waals surface area contributed by atoms with Crippen LogP contribution in [0.2, 0.25) is 0 Å². The summed E-state index contributed by atoms with van der Waals surface area (Å²) in [6.07, 6.45) is 9.23. The Morgan fingerprint density at radius 3 is 2.82 bits per heavy atom. The Morgan fingerprint density at radius 1 is 1.24 bits per heavy atom. The van der Waals surface area contributed by atoms with Crippen LogP contribution < -0.4 is 0 Å². The minimum absolute atomic E-state index is 0.373. The van der Waals surface area contributed by atoms with Crippen molar-refractivity contribution in [1.82, 2.24) is 4.90 Å². The number of likely N-dealkylation sites (tertiary alicyclic amines) is 1. The van der Waals surface area contributed by atoms with Gasteiger partial charge in [-0.05, 0) is 25.7 Å². The largest absolute Gasteiger partial charge is 0.377 e. The molecule has 3 heteroatoms. The number of unbranched alkanes of at least 4 members (excludes halogenated alkanes) is 1. The molecule has 1 aliphatic carbocycles. The molecule has 0 bridgehead atoms. The molecule has 0 N–H and O–H groups in total. The Hall–Kier alpha value is 0.210. The van der Waals surface area contributed by atoms with Crippen molar-refractivity contribution in [3.8, 4) is 0 Å². The molecule has 0 aromatic heterocycles. The predicted octanol–water partition coefficient (Wildman–Crippen LogP) is 3.43. The highest BCUT2D eigenvalue weighted by Gasteiger charge is 2.33. The Kier molecular flexibility index (Phi) is 5.58. The first kappa shape index (κ1) is 13.6. The van der Waals surface area contributed by atoms with Crippen molar-refractivity contribution in [3.05, 3.63) is 0 Å². The Balaban J connectivity index is 1.72. The van der Waals surface area contributed by atoms with Gasteiger partial charge in [0.05, 0.1) is 6.10 Å². The fourth-order valence-electron chi connectivity index (χ4n) is 3.06. The normalized spacial score (nSPS) is 35.3. The molecule has 3 atom stereocenters. The molecule has 0 amide bonds. The summed E-state index contributed by atoms with van der Waals surface area (Å²) in [6.45, 7) is 5.44. The van der Waals surface area contributed by atoms with Gasteiger partial charge in [0.1, 0.15) is 0 Å². The van der Waals surface area contributed by atoms with E-state index in [1.807, 2.05) is 0 Å². The van der Waals surface area contributed by atoms with Gasteiger partial charge >= 0.3 is 0 Å². The molecule has 2 fully saturated rings. The molecule has 0 aromatic rings. The number of hydrogen-bond donors (Lipinski definition) is 0. The summed E-state index contributed by atoms with van der Waals surface area (Å²) in [5, 5.41) is 0.373. The third-order valence-corrected chi connectivity index (χ3v) is 4.65. The van der Waals surface area contributed by atoms with Gasteiger partial charge in [-0.1, -0.05) is 26.2 Å². The fourth-order valence-corrected chi connectivity index (χ4v) is 3.50. The summed E-state index contributed by atoms with van der Waals surface area (Å²) >= 11 is 6.45. The first-order valence-electron chi connectivity index (χ1n) is 7.31. The van der Waals surface area contributed by atoms with E-state index < -0.39 is 0 Å². The van der Waals surface area contributed by atoms with Gasteiger partial charge in [-0.15, -0.1) is 11.6 Å². The lowest BCUT2D eigenvalue weighted by Crippen LogP contribution is -2.42. The Morgan fingerprint density at radius 2 is 2.06 bits per heavy atom. The first-order valence-corrected chi connectivity index (χ1v) is 7.74. The molecule has 1 saturated heterocycles. The average Bonchev–Trinajstić information content (AvgIpc) is 2.79. The highest BCUT2D eigenvalue weighted by Crippen LogP contribution is 2.30. The molecule has 1 aliphatic heterocycles. The zero-order valence-electron chi connectivity index (χ0n) is 11.0. The maximum Gasteiger partial charge on any atom is 0.0714 e. The van der Waals surface area contributed by atoms with Gasteiger partial charge in [-0.2, -0.15) is 0 Å². The van der Waals surface area contributed by atoms with E-state index in [2.05, 4.69) is 11.8 Å². The summed E-state index contributed by atoms with van der Waals surface area (Å²) in [5.74, 6) is 0. The number of hydrogen-bond acceptors (Lipinski definition) is 2. The van der Waals surface area contributed by atoms with E-state index in [-0.39, 0.29) is 0 Å². The maximum atomic E-state index is 6.45. The van der Waals surface area contributed by atoms with E-state index in [0.29, 0.717) is 17.5 Å². The van der Waals surface area contributed by atoms with Crippen LogP contribution in [-0.4, -0.2) is 42.1 Å². The fraction of sp³-hybridized carbons (Fsp3) is 1.00. The summed E-state index contributed by atoms with van der Waals surface area (Å²) in [6, 6.07) is 0.616. The molecule has 17 heavy (non-hydrogen) atoms. The van der Waals surface area contributed by atoms with Crippen LogP contribution in [0.25, 0.3) is 0 Å². The van der Waals surface area contributed by atoms with Crippen molar-refractivity contribution < 1.29 is 4.74 Å². The molecule has 2 rings (SSSR count). The van der Waals surface area contributed by atoms with Gasteiger partial charge in [0, 0.05) is 31.1 Å². The molecular weight excluding hydrogens is 234 g/mol. The molecule has 2 unspecified atom stereocenters. The summed E-state index contributed by atoms with van der Waals surface area (Å²) in [4.78, 5) is 2.58. The van der Waals surface area contributed by atoms with Crippen LogP contribution in [0.3, 0.4) is 0 Å². The third kappa shape index (κ3) is 3.84. The minimum atomic E-state index is 0.373. The molecule has 0 radical (unpaired) electrons. The lowest BCUT2D eigenvalue weighted by Gasteiger charge is -2.34. The molecule has 2 nitrogen and oxygen atoms in total. The number of nitrogens with zero attached hydrogens (tertiary/aromatic N) is 1. The molecule has 0 aromatic carbocycles. The van der Waals surface area contributed by atoms with E-state index in [9.17, 15) is 0 Å². The highest BCUT2D eigenvalue weighted by molar-refractivity contribution is 6.21. The van der Waals surface area contributed by atoms with Crippen LogP contribution in [0.1, 0.15) is 51.9 Å². The van der Waals surface area contributed by atoms with Crippen LogP contribution in [0, 0.1) is 0 Å². The standard InChI is InChI=1S/C14H26ClNO/c1-2-3-10-17-12-8-9-16(11-12)14-7-5-4-6-13(14)15/h12-14H,2-11H2,1H3/t12-,13?,14?/m1/s1. The molecular formula is C14H26ClNO. The molecule has 1 saturated carbocycles. The van der Waals surface area contributed by atoms with Crippen molar-refractivity contribution in [3.63, 3.8) is 0 Å². The zero-order chi connectivity index (χ0) is 12.1. The number of alkyl halides is 1. The third-order valence-electron chi connectivity index (χ3n) is 4.14. The van der Waals surface area contributed by atoms with Crippen molar-refractivity contribution in [2.45, 2.75) is 69.4 Å². The Labute approximate surface area is 111 Å². The van der Waals surface area contributed by atoms with E-state index >= 15 is 0 Å². The smallest absolute Gasteiger partial charge is 0.0714 e. The van der Waals surface area contributed by atoms with Crippen molar-refractivity contribution in [2.24, 2.45) is 0 Å². The second kappa shape index (κ2) is 6.96. The van der Waals surface area contributed by atoms with Crippen LogP contribution in [0.15, 0.2) is 0 Å². The van der Waals surface area contributed by atoms with Crippen LogP contribution in [0.4, 0.5) is 0 Å². The van der Waals surface area contributed by atoms with Crippen molar-refractivity contribution in [1.29, 1.82) is 0 Å². The van der Waals surface area contributed by atoms with E-state index in [1.165, 1.54) is 51.5 Å². The first-order chi connectivity index (χ1) is 8.31. The number of halogens is 1. The molecule has 100 valence electrons. The lowest BCUT2D eigenvalue weighted by molar-refractivity contribution is 0.0513. The van der Waals surface area contributed by atoms with Crippen LogP contribution in [0.5, 0.6) is 0 Å². The predicted molar refractivity (Wildman–Crippen MR) is 72.7 cm³/mol. The van der Waals surface area contributed by atoms with Gasteiger partial charge in [0.25, 0.3) is 0 Å². The van der Waals surface area contributed by atoms with E-state index in [0.717, 1.165) is 13.2 Å².